The lowest BCUT2D eigenvalue weighted by Crippen LogP contribution is -2.53. The number of hydroxylamine groups is 1. The van der Waals surface area contributed by atoms with E-state index in [0.29, 0.717) is 37.4 Å². The summed E-state index contributed by atoms with van der Waals surface area (Å²) >= 11 is 0. The van der Waals surface area contributed by atoms with Gasteiger partial charge in [-0.25, -0.2) is 5.48 Å². The molecule has 0 aliphatic heterocycles. The molecule has 200 valence electrons. The number of fused-ring (bicyclic) bond motifs is 5. The second kappa shape index (κ2) is 8.94. The highest BCUT2D eigenvalue weighted by molar-refractivity contribution is 5.86. The molecule has 1 unspecified atom stereocenters. The van der Waals surface area contributed by atoms with E-state index in [0.717, 1.165) is 24.8 Å². The normalized spacial score (nSPS) is 39.9. The zero-order chi connectivity index (χ0) is 26.8. The van der Waals surface area contributed by atoms with E-state index in [-0.39, 0.29) is 33.5 Å². The Morgan fingerprint density at radius 3 is 2.44 bits per heavy atom. The van der Waals surface area contributed by atoms with E-state index in [4.69, 9.17) is 0 Å². The molecule has 0 spiro atoms. The van der Waals surface area contributed by atoms with Gasteiger partial charge in [0, 0.05) is 29.1 Å². The fourth-order valence-electron chi connectivity index (χ4n) is 8.82. The van der Waals surface area contributed by atoms with Gasteiger partial charge in [0.15, 0.2) is 0 Å². The molecule has 0 aromatic carbocycles. The summed E-state index contributed by atoms with van der Waals surface area (Å²) in [5, 5.41) is 21.2. The van der Waals surface area contributed by atoms with Gasteiger partial charge in [0.05, 0.1) is 6.10 Å². The summed E-state index contributed by atoms with van der Waals surface area (Å²) in [6.07, 6.45) is 9.06. The number of carbonyl (C=O) groups excluding carboxylic acids is 2. The highest BCUT2D eigenvalue weighted by Gasteiger charge is 2.66. The first kappa shape index (κ1) is 27.3. The van der Waals surface area contributed by atoms with Gasteiger partial charge in [-0.15, -0.1) is 0 Å². The van der Waals surface area contributed by atoms with Crippen molar-refractivity contribution in [1.29, 1.82) is 0 Å². The lowest BCUT2D eigenvalue weighted by molar-refractivity contribution is -0.139. The van der Waals surface area contributed by atoms with Crippen LogP contribution in [0.5, 0.6) is 0 Å². The van der Waals surface area contributed by atoms with Gasteiger partial charge in [0.25, 0.3) is 0 Å². The second-order valence-corrected chi connectivity index (χ2v) is 13.8. The van der Waals surface area contributed by atoms with E-state index >= 15 is 0 Å². The summed E-state index contributed by atoms with van der Waals surface area (Å²) < 4.78 is 0. The third-order valence-electron chi connectivity index (χ3n) is 11.5. The van der Waals surface area contributed by atoms with E-state index in [1.807, 2.05) is 5.48 Å². The maximum atomic E-state index is 13.0. The molecule has 2 fully saturated rings. The molecule has 0 heterocycles. The number of amides is 1. The molecular weight excluding hydrogens is 450 g/mol. The van der Waals surface area contributed by atoms with Crippen LogP contribution in [-0.4, -0.2) is 28.1 Å². The lowest BCUT2D eigenvalue weighted by Gasteiger charge is -2.59. The monoisotopic (exact) mass is 497 g/mol. The predicted octanol–water partition coefficient (Wildman–Crippen LogP) is 6.17. The molecule has 4 rings (SSSR count). The fourth-order valence-corrected chi connectivity index (χ4v) is 8.82. The molecule has 36 heavy (non-hydrogen) atoms. The van der Waals surface area contributed by atoms with Crippen molar-refractivity contribution in [3.05, 3.63) is 35.5 Å². The Labute approximate surface area is 217 Å². The molecule has 1 amide bonds. The molecule has 5 heteroatoms. The van der Waals surface area contributed by atoms with Crippen molar-refractivity contribution in [2.24, 2.45) is 45.3 Å². The maximum Gasteiger partial charge on any atom is 0.246 e. The number of rotatable bonds is 6. The molecule has 7 atom stereocenters. The molecule has 2 saturated carbocycles. The zero-order valence-corrected chi connectivity index (χ0v) is 23.4. The maximum absolute atomic E-state index is 13.0. The highest BCUT2D eigenvalue weighted by atomic mass is 16.5. The smallest absolute Gasteiger partial charge is 0.246 e. The van der Waals surface area contributed by atoms with Crippen LogP contribution >= 0.6 is 0 Å². The molecule has 4 aliphatic carbocycles. The minimum atomic E-state index is -0.641. The number of hydrogen-bond acceptors (Lipinski definition) is 4. The third-order valence-corrected chi connectivity index (χ3v) is 11.5. The number of ketones is 1. The van der Waals surface area contributed by atoms with Crippen molar-refractivity contribution in [3.8, 4) is 0 Å². The van der Waals surface area contributed by atoms with Crippen LogP contribution in [0.25, 0.3) is 0 Å². The Balaban J connectivity index is 1.74. The van der Waals surface area contributed by atoms with Crippen molar-refractivity contribution in [1.82, 2.24) is 5.48 Å². The third kappa shape index (κ3) is 3.71. The summed E-state index contributed by atoms with van der Waals surface area (Å²) in [5.41, 5.74) is 4.64. The second-order valence-electron chi connectivity index (χ2n) is 13.8. The van der Waals surface area contributed by atoms with E-state index in [2.05, 4.69) is 67.2 Å². The zero-order valence-electron chi connectivity index (χ0n) is 23.4. The van der Waals surface area contributed by atoms with E-state index in [1.165, 1.54) is 11.1 Å². The Kier molecular flexibility index (Phi) is 6.78. The van der Waals surface area contributed by atoms with Crippen LogP contribution < -0.4 is 5.48 Å². The number of aliphatic hydroxyl groups excluding tert-OH is 1. The average molecular weight is 498 g/mol. The Morgan fingerprint density at radius 1 is 1.17 bits per heavy atom. The molecule has 5 nitrogen and oxygen atoms in total. The van der Waals surface area contributed by atoms with E-state index < -0.39 is 17.9 Å². The summed E-state index contributed by atoms with van der Waals surface area (Å²) in [7, 11) is 0. The van der Waals surface area contributed by atoms with Crippen molar-refractivity contribution in [3.63, 3.8) is 0 Å². The lowest BCUT2D eigenvalue weighted by atomic mass is 9.44. The summed E-state index contributed by atoms with van der Waals surface area (Å²) in [5.74, 6) is -0.222. The van der Waals surface area contributed by atoms with Crippen molar-refractivity contribution < 1.29 is 19.9 Å². The minimum absolute atomic E-state index is 0.0637. The van der Waals surface area contributed by atoms with Gasteiger partial charge in [-0.2, -0.15) is 0 Å². The van der Waals surface area contributed by atoms with E-state index in [9.17, 15) is 19.9 Å². The van der Waals surface area contributed by atoms with Gasteiger partial charge in [-0.1, -0.05) is 72.8 Å². The fraction of sp³-hybridized carbons (Fsp3) is 0.742. The molecule has 0 aromatic rings. The number of carbonyl (C=O) groups is 2. The van der Waals surface area contributed by atoms with Crippen LogP contribution in [0.4, 0.5) is 0 Å². The van der Waals surface area contributed by atoms with Crippen molar-refractivity contribution in [2.45, 2.75) is 99.5 Å². The predicted molar refractivity (Wildman–Crippen MR) is 142 cm³/mol. The first-order chi connectivity index (χ1) is 16.6. The SMILES string of the molecule is C=C(CC[C@H](C(=O)NO)[C@H]1[C@H](O)C[C@@]2(C)C3=CCC4C(C)(C)C(=O)CC[C@]4(C)C3=CC[C@]12C)C(C)C. The molecule has 0 saturated heterocycles. The number of aliphatic hydroxyl groups is 1. The quantitative estimate of drug-likeness (QED) is 0.233. The number of Topliss-reactive ketones (excluding diaryl/α,β-unsaturated/α-hetero) is 1. The van der Waals surface area contributed by atoms with Gasteiger partial charge in [-0.05, 0) is 72.3 Å². The first-order valence-corrected chi connectivity index (χ1v) is 13.9. The first-order valence-electron chi connectivity index (χ1n) is 13.9. The van der Waals surface area contributed by atoms with Crippen LogP contribution in [0.1, 0.15) is 93.4 Å². The summed E-state index contributed by atoms with van der Waals surface area (Å²) in [6.45, 7) is 19.5. The van der Waals surface area contributed by atoms with Crippen LogP contribution in [0.15, 0.2) is 35.5 Å². The van der Waals surface area contributed by atoms with Crippen LogP contribution in [0.3, 0.4) is 0 Å². The van der Waals surface area contributed by atoms with Crippen LogP contribution in [-0.2, 0) is 9.59 Å². The standard InChI is InChI=1S/C31H47NO4/c1-18(2)19(3)9-10-20(27(35)32-36)26-23(33)17-31(8)22-11-12-24-28(4,5)25(34)14-15-29(24,6)21(22)13-16-30(26,31)7/h11,13,18,20,23-24,26,33,36H,3,9-10,12,14-17H2,1-2,4-8H3,(H,32,35)/t20-,23+,24?,26-,29+,30+,31-/m0/s1. The van der Waals surface area contributed by atoms with E-state index in [1.54, 1.807) is 0 Å². The Hall–Kier alpha value is -1.72. The molecule has 0 radical (unpaired) electrons. The topological polar surface area (TPSA) is 86.6 Å². The van der Waals surface area contributed by atoms with Crippen molar-refractivity contribution in [2.75, 3.05) is 0 Å². The number of allylic oxidation sites excluding steroid dienone is 5. The van der Waals surface area contributed by atoms with Gasteiger partial charge in [-0.3, -0.25) is 14.8 Å². The van der Waals surface area contributed by atoms with Gasteiger partial charge in [0.1, 0.15) is 5.78 Å². The summed E-state index contributed by atoms with van der Waals surface area (Å²) in [6, 6.07) is 0. The largest absolute Gasteiger partial charge is 0.393 e. The molecule has 0 aromatic heterocycles. The number of hydrogen-bond donors (Lipinski definition) is 3. The average Bonchev–Trinajstić information content (AvgIpc) is 3.02. The van der Waals surface area contributed by atoms with Gasteiger partial charge < -0.3 is 5.11 Å². The molecule has 4 aliphatic rings. The van der Waals surface area contributed by atoms with Crippen molar-refractivity contribution >= 4 is 11.7 Å². The Bertz CT molecular complexity index is 1020. The van der Waals surface area contributed by atoms with Crippen LogP contribution in [0.2, 0.25) is 0 Å². The van der Waals surface area contributed by atoms with Gasteiger partial charge >= 0.3 is 0 Å². The summed E-state index contributed by atoms with van der Waals surface area (Å²) in [4.78, 5) is 25.8. The minimum Gasteiger partial charge on any atom is -0.393 e. The molecule has 0 bridgehead atoms. The number of nitrogens with one attached hydrogen (secondary N) is 1. The highest BCUT2D eigenvalue weighted by Crippen LogP contribution is 2.71. The Morgan fingerprint density at radius 2 is 1.83 bits per heavy atom. The van der Waals surface area contributed by atoms with Gasteiger partial charge in [0.2, 0.25) is 5.91 Å². The molecule has 3 N–H and O–H groups in total. The van der Waals surface area contributed by atoms with Crippen LogP contribution in [0, 0.1) is 45.3 Å². The molecular formula is C31H47NO4.